The maximum Gasteiger partial charge on any atom is 0.264 e. The number of aliphatic imine (C=N–C) groups is 1. The average Bonchev–Trinajstić information content (AvgIpc) is 2.76. The molecule has 160 valence electrons. The van der Waals surface area contributed by atoms with Crippen LogP contribution >= 0.6 is 12.2 Å². The average molecular weight is 440 g/mol. The molecule has 0 bridgehead atoms. The van der Waals surface area contributed by atoms with Gasteiger partial charge in [-0.2, -0.15) is 0 Å². The molecule has 8 heteroatoms. The Morgan fingerprint density at radius 2 is 1.84 bits per heavy atom. The first-order valence-corrected chi connectivity index (χ1v) is 10.7. The van der Waals surface area contributed by atoms with E-state index in [9.17, 15) is 14.3 Å². The first-order chi connectivity index (χ1) is 15.0. The van der Waals surface area contributed by atoms with Crippen molar-refractivity contribution in [1.82, 2.24) is 9.55 Å². The van der Waals surface area contributed by atoms with Gasteiger partial charge in [-0.15, -0.1) is 0 Å². The molecular weight excluding hydrogens is 415 g/mol. The Morgan fingerprint density at radius 1 is 1.16 bits per heavy atom. The molecule has 0 spiro atoms. The third-order valence-electron chi connectivity index (χ3n) is 5.59. The number of benzene rings is 2. The van der Waals surface area contributed by atoms with Crippen LogP contribution in [-0.2, 0) is 6.54 Å². The Balaban J connectivity index is 1.50. The highest BCUT2D eigenvalue weighted by Crippen LogP contribution is 2.21. The van der Waals surface area contributed by atoms with Gasteiger partial charge in [-0.05, 0) is 24.4 Å². The molecule has 0 atom stereocenters. The zero-order chi connectivity index (χ0) is 21.8. The van der Waals surface area contributed by atoms with Crippen molar-refractivity contribution in [3.05, 3.63) is 86.7 Å². The van der Waals surface area contributed by atoms with Gasteiger partial charge in [0.25, 0.3) is 5.56 Å². The first-order valence-electron chi connectivity index (χ1n) is 10.3. The first kappa shape index (κ1) is 21.1. The largest absolute Gasteiger partial charge is 0.494 e. The molecule has 1 aliphatic heterocycles. The highest BCUT2D eigenvalue weighted by molar-refractivity contribution is 7.71. The van der Waals surface area contributed by atoms with Gasteiger partial charge in [0.05, 0.1) is 24.8 Å². The summed E-state index contributed by atoms with van der Waals surface area (Å²) in [7, 11) is 0. The van der Waals surface area contributed by atoms with Crippen LogP contribution in [0.5, 0.6) is 5.88 Å². The summed E-state index contributed by atoms with van der Waals surface area (Å²) in [5.41, 5.74) is 0.799. The molecule has 1 fully saturated rings. The molecule has 31 heavy (non-hydrogen) atoms. The van der Waals surface area contributed by atoms with Gasteiger partial charge in [-0.25, -0.2) is 4.39 Å². The second kappa shape index (κ2) is 9.36. The number of halogens is 1. The number of nitrogens with one attached hydrogen (secondary N) is 2. The van der Waals surface area contributed by atoms with E-state index in [1.165, 1.54) is 28.8 Å². The fourth-order valence-electron chi connectivity index (χ4n) is 3.91. The number of aromatic nitrogens is 2. The van der Waals surface area contributed by atoms with E-state index in [0.29, 0.717) is 0 Å². The van der Waals surface area contributed by atoms with E-state index in [1.807, 2.05) is 6.07 Å². The summed E-state index contributed by atoms with van der Waals surface area (Å²) in [6.45, 7) is 2.96. The smallest absolute Gasteiger partial charge is 0.264 e. The molecule has 1 saturated heterocycles. The third-order valence-corrected chi connectivity index (χ3v) is 5.87. The molecule has 2 heterocycles. The van der Waals surface area contributed by atoms with E-state index < -0.39 is 17.3 Å². The van der Waals surface area contributed by atoms with Crippen molar-refractivity contribution in [2.24, 2.45) is 4.99 Å². The van der Waals surface area contributed by atoms with Gasteiger partial charge in [0, 0.05) is 24.6 Å². The summed E-state index contributed by atoms with van der Waals surface area (Å²) in [6.07, 6.45) is 3.17. The summed E-state index contributed by atoms with van der Waals surface area (Å²) < 4.78 is 15.3. The molecule has 3 aromatic rings. The molecule has 4 rings (SSSR count). The standard InChI is InChI=1S/C23H23FN4O2S/c24-19-8-4-5-9-20(19)28-22(30)18(21(29)26-23(28)31)14-25-17-10-12-27(13-11-17)15-16-6-2-1-3-7-16/h1-9,14,17,30H,10-13,15H2,(H,26,29,31)/p+1. The maximum absolute atomic E-state index is 14.2. The molecule has 0 unspecified atom stereocenters. The van der Waals surface area contributed by atoms with E-state index in [4.69, 9.17) is 12.2 Å². The Hall–Kier alpha value is -3.10. The van der Waals surface area contributed by atoms with Crippen LogP contribution in [-0.4, -0.2) is 40.0 Å². The molecule has 0 radical (unpaired) electrons. The lowest BCUT2D eigenvalue weighted by molar-refractivity contribution is -0.918. The van der Waals surface area contributed by atoms with E-state index in [2.05, 4.69) is 34.2 Å². The van der Waals surface area contributed by atoms with E-state index in [0.717, 1.165) is 37.0 Å². The van der Waals surface area contributed by atoms with Crippen LogP contribution in [0.25, 0.3) is 5.69 Å². The van der Waals surface area contributed by atoms with Gasteiger partial charge in [-0.3, -0.25) is 19.3 Å². The Bertz CT molecular complexity index is 1200. The zero-order valence-electron chi connectivity index (χ0n) is 16.9. The highest BCUT2D eigenvalue weighted by atomic mass is 32.1. The second-order valence-corrected chi connectivity index (χ2v) is 8.09. The van der Waals surface area contributed by atoms with Gasteiger partial charge in [0.15, 0.2) is 4.77 Å². The van der Waals surface area contributed by atoms with E-state index >= 15 is 0 Å². The van der Waals surface area contributed by atoms with Crippen LogP contribution in [0.4, 0.5) is 4.39 Å². The summed E-state index contributed by atoms with van der Waals surface area (Å²) in [5, 5.41) is 10.7. The summed E-state index contributed by atoms with van der Waals surface area (Å²) in [4.78, 5) is 20.9. The predicted octanol–water partition coefficient (Wildman–Crippen LogP) is 2.41. The quantitative estimate of drug-likeness (QED) is 0.422. The minimum atomic E-state index is -0.558. The maximum atomic E-state index is 14.2. The van der Waals surface area contributed by atoms with Crippen LogP contribution in [0.15, 0.2) is 64.4 Å². The molecule has 0 aliphatic carbocycles. The summed E-state index contributed by atoms with van der Waals surface area (Å²) in [5.74, 6) is -0.979. The van der Waals surface area contributed by atoms with Crippen molar-refractivity contribution in [3.8, 4) is 11.6 Å². The molecule has 6 nitrogen and oxygen atoms in total. The molecule has 0 amide bonds. The summed E-state index contributed by atoms with van der Waals surface area (Å²) >= 11 is 5.14. The monoisotopic (exact) mass is 439 g/mol. The number of hydrogen-bond acceptors (Lipinski definition) is 4. The Kier molecular flexibility index (Phi) is 6.39. The molecule has 1 aliphatic rings. The number of aromatic amines is 1. The number of quaternary nitrogens is 1. The van der Waals surface area contributed by atoms with Crippen LogP contribution < -0.4 is 10.5 Å². The van der Waals surface area contributed by atoms with Gasteiger partial charge in [0.1, 0.15) is 17.9 Å². The lowest BCUT2D eigenvalue weighted by Gasteiger charge is -2.27. The number of aromatic hydroxyl groups is 1. The van der Waals surface area contributed by atoms with Crippen LogP contribution in [0.1, 0.15) is 24.0 Å². The normalized spacial score (nSPS) is 19.0. The highest BCUT2D eigenvalue weighted by Gasteiger charge is 2.22. The van der Waals surface area contributed by atoms with E-state index in [1.54, 1.807) is 12.1 Å². The predicted molar refractivity (Wildman–Crippen MR) is 120 cm³/mol. The topological polar surface area (TPSA) is 74.8 Å². The number of H-pyrrole nitrogens is 1. The fraction of sp³-hybridized carbons (Fsp3) is 0.261. The summed E-state index contributed by atoms with van der Waals surface area (Å²) in [6, 6.07) is 16.4. The van der Waals surface area contributed by atoms with Crippen LogP contribution in [0.2, 0.25) is 0 Å². The fourth-order valence-corrected chi connectivity index (χ4v) is 4.19. The van der Waals surface area contributed by atoms with Crippen molar-refractivity contribution >= 4 is 18.4 Å². The Morgan fingerprint density at radius 3 is 2.55 bits per heavy atom. The molecule has 1 aromatic heterocycles. The molecule has 0 saturated carbocycles. The molecule has 3 N–H and O–H groups in total. The molecule has 2 aromatic carbocycles. The van der Waals surface area contributed by atoms with Crippen LogP contribution in [0.3, 0.4) is 0 Å². The van der Waals surface area contributed by atoms with Gasteiger partial charge in [-0.1, -0.05) is 42.5 Å². The van der Waals surface area contributed by atoms with Gasteiger partial charge < -0.3 is 10.0 Å². The van der Waals surface area contributed by atoms with Crippen molar-refractivity contribution < 1.29 is 14.4 Å². The number of hydrogen-bond donors (Lipinski definition) is 3. The van der Waals surface area contributed by atoms with Crippen molar-refractivity contribution in [1.29, 1.82) is 0 Å². The number of piperidine rings is 1. The SMILES string of the molecule is O=c1[nH]c(=S)n(-c2ccccc2F)c(O)c1C=NC1CC[NH+](Cc2ccccc2)CC1. The number of rotatable bonds is 5. The van der Waals surface area contributed by atoms with Crippen molar-refractivity contribution in [2.75, 3.05) is 13.1 Å². The Labute approximate surface area is 184 Å². The molecular formula is C23H24FN4O2S+. The number of para-hydroxylation sites is 1. The van der Waals surface area contributed by atoms with Gasteiger partial charge in [0.2, 0.25) is 5.88 Å². The number of nitrogens with zero attached hydrogens (tertiary/aromatic N) is 2. The van der Waals surface area contributed by atoms with Crippen molar-refractivity contribution in [2.45, 2.75) is 25.4 Å². The zero-order valence-corrected chi connectivity index (χ0v) is 17.7. The second-order valence-electron chi connectivity index (χ2n) is 7.71. The van der Waals surface area contributed by atoms with Gasteiger partial charge >= 0.3 is 0 Å². The van der Waals surface area contributed by atoms with Crippen LogP contribution in [0, 0.1) is 10.6 Å². The lowest BCUT2D eigenvalue weighted by Crippen LogP contribution is -3.12. The lowest BCUT2D eigenvalue weighted by atomic mass is 10.0. The van der Waals surface area contributed by atoms with Crippen molar-refractivity contribution in [3.63, 3.8) is 0 Å². The van der Waals surface area contributed by atoms with E-state index in [-0.39, 0.29) is 22.1 Å². The minimum absolute atomic E-state index is 0.0316. The number of likely N-dealkylation sites (tertiary alicyclic amines) is 1. The minimum Gasteiger partial charge on any atom is -0.494 e. The third kappa shape index (κ3) is 4.81.